The Bertz CT molecular complexity index is 1730. The second-order valence-electron chi connectivity index (χ2n) is 13.1. The average molecular weight is 653 g/mol. The number of hydrogen-bond acceptors (Lipinski definition) is 8. The number of benzene rings is 3. The molecule has 47 heavy (non-hydrogen) atoms. The SMILES string of the molecule is CCCC(CCO[Si](c1ccccc1)(c1ccccc1)C(C)(C)C)Nc1nc(N)nc2c(C)nn(Cc3cc(CO)ccc3OC)c12. The molecule has 10 heteroatoms. The first-order valence-electron chi connectivity index (χ1n) is 16.4. The van der Waals surface area contributed by atoms with Crippen molar-refractivity contribution in [1.82, 2.24) is 19.7 Å². The largest absolute Gasteiger partial charge is 0.496 e. The number of nitrogens with one attached hydrogen (secondary N) is 1. The molecule has 5 aromatic rings. The van der Waals surface area contributed by atoms with Gasteiger partial charge in [-0.1, -0.05) is 101 Å². The van der Waals surface area contributed by atoms with Crippen LogP contribution < -0.4 is 26.2 Å². The zero-order chi connectivity index (χ0) is 33.6. The van der Waals surface area contributed by atoms with Crippen LogP contribution in [0.2, 0.25) is 5.04 Å². The maximum Gasteiger partial charge on any atom is 0.261 e. The third kappa shape index (κ3) is 7.19. The minimum atomic E-state index is -2.67. The number of aromatic nitrogens is 4. The summed E-state index contributed by atoms with van der Waals surface area (Å²) >= 11 is 0. The molecule has 1 unspecified atom stereocenters. The van der Waals surface area contributed by atoms with Crippen LogP contribution in [-0.4, -0.2) is 52.9 Å². The number of nitrogen functional groups attached to an aromatic ring is 1. The van der Waals surface area contributed by atoms with E-state index in [1.54, 1.807) is 7.11 Å². The molecule has 0 amide bonds. The van der Waals surface area contributed by atoms with Crippen molar-refractivity contribution in [2.45, 2.75) is 78.1 Å². The zero-order valence-electron chi connectivity index (χ0n) is 28.5. The molecule has 2 aromatic heterocycles. The minimum absolute atomic E-state index is 0.0585. The number of fused-ring (bicyclic) bond motifs is 1. The van der Waals surface area contributed by atoms with Crippen molar-refractivity contribution in [3.63, 3.8) is 0 Å². The molecule has 1 atom stereocenters. The maximum atomic E-state index is 9.77. The summed E-state index contributed by atoms with van der Waals surface area (Å²) in [7, 11) is -1.02. The van der Waals surface area contributed by atoms with Gasteiger partial charge in [0.05, 0.1) is 26.0 Å². The van der Waals surface area contributed by atoms with E-state index in [1.807, 2.05) is 29.8 Å². The highest BCUT2D eigenvalue weighted by atomic mass is 28.4. The quantitative estimate of drug-likeness (QED) is 0.129. The molecule has 0 saturated heterocycles. The van der Waals surface area contributed by atoms with Crippen LogP contribution in [-0.2, 0) is 17.6 Å². The first kappa shape index (κ1) is 34.1. The van der Waals surface area contributed by atoms with Crippen LogP contribution in [0.3, 0.4) is 0 Å². The molecule has 5 rings (SSSR count). The summed E-state index contributed by atoms with van der Waals surface area (Å²) in [6, 6.07) is 27.2. The van der Waals surface area contributed by atoms with Gasteiger partial charge in [-0.05, 0) is 52.9 Å². The number of nitrogens with two attached hydrogens (primary N) is 1. The summed E-state index contributed by atoms with van der Waals surface area (Å²) < 4.78 is 14.8. The molecule has 0 bridgehead atoms. The molecule has 0 fully saturated rings. The summed E-state index contributed by atoms with van der Waals surface area (Å²) in [4.78, 5) is 9.27. The van der Waals surface area contributed by atoms with Gasteiger partial charge in [0.15, 0.2) is 5.82 Å². The van der Waals surface area contributed by atoms with Gasteiger partial charge in [0.2, 0.25) is 5.95 Å². The summed E-state index contributed by atoms with van der Waals surface area (Å²) in [5, 5.41) is 20.8. The highest BCUT2D eigenvalue weighted by Crippen LogP contribution is 2.37. The van der Waals surface area contributed by atoms with Crippen LogP contribution in [0, 0.1) is 6.92 Å². The van der Waals surface area contributed by atoms with Crippen LogP contribution in [0.15, 0.2) is 78.9 Å². The topological polar surface area (TPSA) is 120 Å². The number of hydrogen-bond donors (Lipinski definition) is 3. The number of methoxy groups -OCH3 is 1. The number of rotatable bonds is 14. The van der Waals surface area contributed by atoms with E-state index in [4.69, 9.17) is 25.0 Å². The predicted molar refractivity (Wildman–Crippen MR) is 193 cm³/mol. The summed E-state index contributed by atoms with van der Waals surface area (Å²) in [6.07, 6.45) is 2.70. The van der Waals surface area contributed by atoms with Crippen LogP contribution in [0.5, 0.6) is 5.75 Å². The molecule has 0 aliphatic heterocycles. The van der Waals surface area contributed by atoms with E-state index >= 15 is 0 Å². The number of aryl methyl sites for hydroxylation is 1. The Morgan fingerprint density at radius 1 is 0.957 bits per heavy atom. The van der Waals surface area contributed by atoms with E-state index in [-0.39, 0.29) is 23.6 Å². The van der Waals surface area contributed by atoms with Crippen molar-refractivity contribution < 1.29 is 14.3 Å². The molecule has 0 saturated carbocycles. The monoisotopic (exact) mass is 652 g/mol. The van der Waals surface area contributed by atoms with Crippen molar-refractivity contribution in [2.75, 3.05) is 24.8 Å². The lowest BCUT2D eigenvalue weighted by Gasteiger charge is -2.43. The Morgan fingerprint density at radius 3 is 2.19 bits per heavy atom. The van der Waals surface area contributed by atoms with E-state index < -0.39 is 8.32 Å². The molecule has 4 N–H and O–H groups in total. The molecule has 0 radical (unpaired) electrons. The molecule has 3 aromatic carbocycles. The van der Waals surface area contributed by atoms with Gasteiger partial charge in [-0.3, -0.25) is 4.68 Å². The third-order valence-electron chi connectivity index (χ3n) is 8.80. The Labute approximate surface area is 279 Å². The van der Waals surface area contributed by atoms with Crippen LogP contribution in [0.1, 0.15) is 63.8 Å². The van der Waals surface area contributed by atoms with Gasteiger partial charge < -0.3 is 25.3 Å². The number of ether oxygens (including phenoxy) is 1. The molecule has 0 aliphatic rings. The summed E-state index contributed by atoms with van der Waals surface area (Å²) in [6.45, 7) is 12.0. The predicted octanol–water partition coefficient (Wildman–Crippen LogP) is 5.81. The Kier molecular flexibility index (Phi) is 10.6. The van der Waals surface area contributed by atoms with Crippen molar-refractivity contribution in [1.29, 1.82) is 0 Å². The fourth-order valence-corrected chi connectivity index (χ4v) is 11.2. The molecule has 0 aliphatic carbocycles. The Morgan fingerprint density at radius 2 is 1.62 bits per heavy atom. The Hall–Kier alpha value is -4.25. The lowest BCUT2D eigenvalue weighted by molar-refractivity contribution is 0.281. The van der Waals surface area contributed by atoms with Gasteiger partial charge in [0.1, 0.15) is 16.8 Å². The van der Waals surface area contributed by atoms with Gasteiger partial charge in [-0.2, -0.15) is 10.1 Å². The standard InChI is InChI=1S/C37H48N6O3Si/c1-7-14-29(21-22-46-47(37(3,4)5,30-15-10-8-11-16-30)31-17-12-9-13-18-31)39-35-34-33(40-36(38)41-35)26(2)42-43(34)24-28-23-27(25-44)19-20-32(28)45-6/h8-13,15-20,23,29,44H,7,14,21-22,24-25H2,1-6H3,(H3,38,39,40,41). The lowest BCUT2D eigenvalue weighted by Crippen LogP contribution is -2.66. The van der Waals surface area contributed by atoms with Gasteiger partial charge in [-0.15, -0.1) is 0 Å². The number of aliphatic hydroxyl groups excluding tert-OH is 1. The van der Waals surface area contributed by atoms with Crippen molar-refractivity contribution >= 4 is 41.5 Å². The number of aliphatic hydroxyl groups is 1. The number of anilines is 2. The summed E-state index contributed by atoms with van der Waals surface area (Å²) in [5.74, 6) is 1.56. The highest BCUT2D eigenvalue weighted by Gasteiger charge is 2.50. The van der Waals surface area contributed by atoms with Crippen molar-refractivity contribution in [2.24, 2.45) is 0 Å². The fourth-order valence-electron chi connectivity index (χ4n) is 6.62. The van der Waals surface area contributed by atoms with E-state index in [1.165, 1.54) is 10.4 Å². The molecular weight excluding hydrogens is 605 g/mol. The van der Waals surface area contributed by atoms with Crippen molar-refractivity contribution in [3.05, 3.63) is 95.7 Å². The minimum Gasteiger partial charge on any atom is -0.496 e. The second-order valence-corrected chi connectivity index (χ2v) is 17.4. The van der Waals surface area contributed by atoms with E-state index in [0.717, 1.165) is 47.3 Å². The van der Waals surface area contributed by atoms with E-state index in [2.05, 4.69) is 98.7 Å². The third-order valence-corrected chi connectivity index (χ3v) is 13.8. The maximum absolute atomic E-state index is 9.77. The first-order valence-corrected chi connectivity index (χ1v) is 18.3. The van der Waals surface area contributed by atoms with Gasteiger partial charge in [0.25, 0.3) is 8.32 Å². The first-order chi connectivity index (χ1) is 22.6. The highest BCUT2D eigenvalue weighted by molar-refractivity contribution is 6.99. The fraction of sp³-hybridized carbons (Fsp3) is 0.378. The van der Waals surface area contributed by atoms with Gasteiger partial charge in [0, 0.05) is 18.2 Å². The van der Waals surface area contributed by atoms with Crippen LogP contribution in [0.25, 0.3) is 11.0 Å². The van der Waals surface area contributed by atoms with Gasteiger partial charge in [-0.25, -0.2) is 4.98 Å². The second kappa shape index (κ2) is 14.7. The molecule has 248 valence electrons. The van der Waals surface area contributed by atoms with Crippen LogP contribution >= 0.6 is 0 Å². The van der Waals surface area contributed by atoms with E-state index in [0.29, 0.717) is 24.5 Å². The normalized spacial score (nSPS) is 12.7. The summed E-state index contributed by atoms with van der Waals surface area (Å²) in [5.41, 5.74) is 10.2. The molecule has 9 nitrogen and oxygen atoms in total. The lowest BCUT2D eigenvalue weighted by atomic mass is 10.1. The van der Waals surface area contributed by atoms with Crippen LogP contribution in [0.4, 0.5) is 11.8 Å². The Balaban J connectivity index is 1.47. The van der Waals surface area contributed by atoms with E-state index in [9.17, 15) is 5.11 Å². The zero-order valence-corrected chi connectivity index (χ0v) is 29.5. The molecule has 0 spiro atoms. The number of nitrogens with zero attached hydrogens (tertiary/aromatic N) is 4. The van der Waals surface area contributed by atoms with Crippen molar-refractivity contribution in [3.8, 4) is 5.75 Å². The molecular formula is C37H48N6O3Si. The average Bonchev–Trinajstić information content (AvgIpc) is 3.37. The molecule has 2 heterocycles. The smallest absolute Gasteiger partial charge is 0.261 e. The van der Waals surface area contributed by atoms with Gasteiger partial charge >= 0.3 is 0 Å².